The molecule has 4 heteroatoms. The van der Waals surface area contributed by atoms with Crippen LogP contribution in [0.1, 0.15) is 17.2 Å². The molecule has 0 aromatic heterocycles. The standard InChI is InChI=1S/C13H11Cl2NO/c14-11-3-1-2-10(12(11)15)13(17)8-4-6-9(16)7-5-8/h1-7,13,17H,16H2. The van der Waals surface area contributed by atoms with Gasteiger partial charge in [-0.3, -0.25) is 0 Å². The maximum absolute atomic E-state index is 10.2. The molecular formula is C13H11Cl2NO. The molecule has 0 aliphatic carbocycles. The largest absolute Gasteiger partial charge is 0.399 e. The highest BCUT2D eigenvalue weighted by atomic mass is 35.5. The Kier molecular flexibility index (Phi) is 3.57. The Hall–Kier alpha value is -1.22. The topological polar surface area (TPSA) is 46.2 Å². The van der Waals surface area contributed by atoms with Gasteiger partial charge in [0.2, 0.25) is 0 Å². The van der Waals surface area contributed by atoms with Crippen molar-refractivity contribution in [1.29, 1.82) is 0 Å². The molecule has 17 heavy (non-hydrogen) atoms. The zero-order chi connectivity index (χ0) is 12.4. The molecule has 1 atom stereocenters. The molecule has 2 aromatic carbocycles. The molecule has 3 N–H and O–H groups in total. The lowest BCUT2D eigenvalue weighted by Crippen LogP contribution is -2.01. The maximum Gasteiger partial charge on any atom is 0.106 e. The monoisotopic (exact) mass is 267 g/mol. The minimum atomic E-state index is -0.804. The zero-order valence-electron chi connectivity index (χ0n) is 8.90. The fourth-order valence-corrected chi connectivity index (χ4v) is 2.00. The van der Waals surface area contributed by atoms with E-state index < -0.39 is 6.10 Å². The quantitative estimate of drug-likeness (QED) is 0.816. The number of rotatable bonds is 2. The lowest BCUT2D eigenvalue weighted by Gasteiger charge is -2.14. The minimum absolute atomic E-state index is 0.374. The van der Waals surface area contributed by atoms with Gasteiger partial charge in [-0.1, -0.05) is 47.5 Å². The van der Waals surface area contributed by atoms with Crippen molar-refractivity contribution in [3.63, 3.8) is 0 Å². The molecule has 0 radical (unpaired) electrons. The first-order chi connectivity index (χ1) is 8.09. The Labute approximate surface area is 110 Å². The first-order valence-corrected chi connectivity index (χ1v) is 5.82. The summed E-state index contributed by atoms with van der Waals surface area (Å²) in [5, 5.41) is 11.0. The van der Waals surface area contributed by atoms with Crippen LogP contribution in [-0.4, -0.2) is 5.11 Å². The molecule has 0 aliphatic rings. The van der Waals surface area contributed by atoms with Gasteiger partial charge in [-0.2, -0.15) is 0 Å². The number of benzene rings is 2. The number of aliphatic hydroxyl groups is 1. The molecule has 2 rings (SSSR count). The van der Waals surface area contributed by atoms with Crippen molar-refractivity contribution in [3.8, 4) is 0 Å². The number of aliphatic hydroxyl groups excluding tert-OH is 1. The number of halogens is 2. The van der Waals surface area contributed by atoms with Gasteiger partial charge in [0, 0.05) is 11.3 Å². The van der Waals surface area contributed by atoms with E-state index >= 15 is 0 Å². The summed E-state index contributed by atoms with van der Waals surface area (Å²) in [6.07, 6.45) is -0.804. The second-order valence-electron chi connectivity index (χ2n) is 3.71. The SMILES string of the molecule is Nc1ccc(C(O)c2cccc(Cl)c2Cl)cc1. The van der Waals surface area contributed by atoms with Crippen molar-refractivity contribution >= 4 is 28.9 Å². The van der Waals surface area contributed by atoms with Gasteiger partial charge in [-0.05, 0) is 23.8 Å². The van der Waals surface area contributed by atoms with Gasteiger partial charge in [0.15, 0.2) is 0 Å². The molecule has 0 aliphatic heterocycles. The van der Waals surface area contributed by atoms with E-state index in [4.69, 9.17) is 28.9 Å². The van der Waals surface area contributed by atoms with E-state index in [1.165, 1.54) is 0 Å². The molecule has 0 bridgehead atoms. The van der Waals surface area contributed by atoms with Crippen molar-refractivity contribution in [1.82, 2.24) is 0 Å². The molecule has 0 fully saturated rings. The maximum atomic E-state index is 10.2. The number of nitrogen functional groups attached to an aromatic ring is 1. The molecule has 0 spiro atoms. The van der Waals surface area contributed by atoms with Crippen molar-refractivity contribution in [2.45, 2.75) is 6.10 Å². The van der Waals surface area contributed by atoms with E-state index in [2.05, 4.69) is 0 Å². The molecule has 0 heterocycles. The predicted molar refractivity (Wildman–Crippen MR) is 71.4 cm³/mol. The Morgan fingerprint density at radius 1 is 1.00 bits per heavy atom. The summed E-state index contributed by atoms with van der Waals surface area (Å²) in [6, 6.07) is 12.2. The van der Waals surface area contributed by atoms with Gasteiger partial charge >= 0.3 is 0 Å². The zero-order valence-corrected chi connectivity index (χ0v) is 10.4. The van der Waals surface area contributed by atoms with Crippen LogP contribution in [0.4, 0.5) is 5.69 Å². The van der Waals surface area contributed by atoms with Crippen molar-refractivity contribution in [3.05, 3.63) is 63.6 Å². The Morgan fingerprint density at radius 2 is 1.65 bits per heavy atom. The summed E-state index contributed by atoms with van der Waals surface area (Å²) >= 11 is 12.0. The molecule has 1 unspecified atom stereocenters. The van der Waals surface area contributed by atoms with Crippen LogP contribution in [0.15, 0.2) is 42.5 Å². The van der Waals surface area contributed by atoms with Gasteiger partial charge < -0.3 is 10.8 Å². The van der Waals surface area contributed by atoms with Crippen LogP contribution in [0.2, 0.25) is 10.0 Å². The average molecular weight is 268 g/mol. The Balaban J connectivity index is 2.40. The summed E-state index contributed by atoms with van der Waals surface area (Å²) in [4.78, 5) is 0. The molecule has 2 aromatic rings. The first-order valence-electron chi connectivity index (χ1n) is 5.07. The van der Waals surface area contributed by atoms with Gasteiger partial charge in [0.05, 0.1) is 10.0 Å². The Morgan fingerprint density at radius 3 is 2.29 bits per heavy atom. The van der Waals surface area contributed by atoms with E-state index in [1.807, 2.05) is 0 Å². The smallest absolute Gasteiger partial charge is 0.106 e. The van der Waals surface area contributed by atoms with Crippen LogP contribution in [0.3, 0.4) is 0 Å². The van der Waals surface area contributed by atoms with E-state index in [9.17, 15) is 5.11 Å². The van der Waals surface area contributed by atoms with E-state index in [1.54, 1.807) is 42.5 Å². The first kappa shape index (κ1) is 12.2. The third-order valence-electron chi connectivity index (χ3n) is 2.53. The fourth-order valence-electron chi connectivity index (χ4n) is 1.59. The lowest BCUT2D eigenvalue weighted by molar-refractivity contribution is 0.220. The van der Waals surface area contributed by atoms with Crippen LogP contribution >= 0.6 is 23.2 Å². The van der Waals surface area contributed by atoms with Gasteiger partial charge in [-0.25, -0.2) is 0 Å². The Bertz CT molecular complexity index is 525. The third kappa shape index (κ3) is 2.55. The third-order valence-corrected chi connectivity index (χ3v) is 3.36. The molecule has 0 saturated carbocycles. The number of nitrogens with two attached hydrogens (primary N) is 1. The van der Waals surface area contributed by atoms with Crippen LogP contribution in [0, 0.1) is 0 Å². The summed E-state index contributed by atoms with van der Waals surface area (Å²) in [7, 11) is 0. The number of hydrogen-bond donors (Lipinski definition) is 2. The summed E-state index contributed by atoms with van der Waals surface area (Å²) < 4.78 is 0. The van der Waals surface area contributed by atoms with E-state index in [0.717, 1.165) is 5.56 Å². The van der Waals surface area contributed by atoms with E-state index in [0.29, 0.717) is 21.3 Å². The van der Waals surface area contributed by atoms with Crippen molar-refractivity contribution in [2.75, 3.05) is 5.73 Å². The molecule has 88 valence electrons. The molecule has 2 nitrogen and oxygen atoms in total. The predicted octanol–water partition coefficient (Wildman–Crippen LogP) is 3.66. The summed E-state index contributed by atoms with van der Waals surface area (Å²) in [5.41, 5.74) is 7.55. The second kappa shape index (κ2) is 4.96. The average Bonchev–Trinajstić information content (AvgIpc) is 2.33. The van der Waals surface area contributed by atoms with E-state index in [-0.39, 0.29) is 0 Å². The van der Waals surface area contributed by atoms with Gasteiger partial charge in [-0.15, -0.1) is 0 Å². The minimum Gasteiger partial charge on any atom is -0.399 e. The molecular weight excluding hydrogens is 257 g/mol. The van der Waals surface area contributed by atoms with Crippen molar-refractivity contribution < 1.29 is 5.11 Å². The highest BCUT2D eigenvalue weighted by Crippen LogP contribution is 2.33. The van der Waals surface area contributed by atoms with Crippen molar-refractivity contribution in [2.24, 2.45) is 0 Å². The van der Waals surface area contributed by atoms with Crippen LogP contribution in [0.5, 0.6) is 0 Å². The van der Waals surface area contributed by atoms with Crippen LogP contribution < -0.4 is 5.73 Å². The molecule has 0 saturated heterocycles. The summed E-state index contributed by atoms with van der Waals surface area (Å²) in [6.45, 7) is 0. The highest BCUT2D eigenvalue weighted by Gasteiger charge is 2.15. The van der Waals surface area contributed by atoms with Gasteiger partial charge in [0.25, 0.3) is 0 Å². The number of anilines is 1. The summed E-state index contributed by atoms with van der Waals surface area (Å²) in [5.74, 6) is 0. The van der Waals surface area contributed by atoms with Crippen LogP contribution in [-0.2, 0) is 0 Å². The van der Waals surface area contributed by atoms with Gasteiger partial charge in [0.1, 0.15) is 6.10 Å². The van der Waals surface area contributed by atoms with Crippen LogP contribution in [0.25, 0.3) is 0 Å². The fraction of sp³-hybridized carbons (Fsp3) is 0.0769. The normalized spacial score (nSPS) is 12.4. The highest BCUT2D eigenvalue weighted by molar-refractivity contribution is 6.42. The lowest BCUT2D eigenvalue weighted by atomic mass is 10.0. The molecule has 0 amide bonds. The number of hydrogen-bond acceptors (Lipinski definition) is 2. The second-order valence-corrected chi connectivity index (χ2v) is 4.50.